The summed E-state index contributed by atoms with van der Waals surface area (Å²) in [6.45, 7) is 14.5. The number of anilines is 1. The lowest BCUT2D eigenvalue weighted by molar-refractivity contribution is 0.0601. The predicted molar refractivity (Wildman–Crippen MR) is 127 cm³/mol. The maximum Gasteiger partial charge on any atom is 0.337 e. The van der Waals surface area contributed by atoms with Crippen LogP contribution >= 0.6 is 0 Å². The lowest BCUT2D eigenvalue weighted by Crippen LogP contribution is -2.22. The minimum Gasteiger partial charge on any atom is -0.465 e. The highest BCUT2D eigenvalue weighted by molar-refractivity contribution is 5.95. The zero-order chi connectivity index (χ0) is 22.2. The van der Waals surface area contributed by atoms with Crippen molar-refractivity contribution in [1.29, 1.82) is 0 Å². The number of methoxy groups -OCH3 is 1. The van der Waals surface area contributed by atoms with Gasteiger partial charge in [-0.25, -0.2) is 9.78 Å². The molecule has 1 heterocycles. The van der Waals surface area contributed by atoms with Crippen molar-refractivity contribution in [2.45, 2.75) is 86.6 Å². The molecule has 0 aliphatic heterocycles. The number of ether oxygens (including phenoxy) is 1. The number of rotatable bonds is 3. The van der Waals surface area contributed by atoms with Crippen LogP contribution in [0, 0.1) is 5.92 Å². The molecule has 1 fully saturated rings. The van der Waals surface area contributed by atoms with E-state index in [-0.39, 0.29) is 5.97 Å². The summed E-state index contributed by atoms with van der Waals surface area (Å²) in [6.07, 6.45) is 8.20. The van der Waals surface area contributed by atoms with Crippen molar-refractivity contribution in [2.24, 2.45) is 5.92 Å². The Kier molecular flexibility index (Phi) is 14.6. The molecule has 4 heteroatoms. The zero-order valence-corrected chi connectivity index (χ0v) is 19.8. The van der Waals surface area contributed by atoms with Gasteiger partial charge in [-0.05, 0) is 42.3 Å². The van der Waals surface area contributed by atoms with Crippen LogP contribution in [0.1, 0.15) is 90.9 Å². The van der Waals surface area contributed by atoms with Crippen molar-refractivity contribution in [1.82, 2.24) is 4.98 Å². The first-order valence-corrected chi connectivity index (χ1v) is 11.2. The number of nitrogens with zero attached hydrogens (tertiary/aromatic N) is 1. The molecule has 0 radical (unpaired) electrons. The number of aromatic nitrogens is 1. The lowest BCUT2D eigenvalue weighted by atomic mass is 9.95. The minimum absolute atomic E-state index is 0.318. The van der Waals surface area contributed by atoms with Crippen LogP contribution in [0.5, 0.6) is 0 Å². The third-order valence-electron chi connectivity index (χ3n) is 4.10. The van der Waals surface area contributed by atoms with Crippen LogP contribution in [0.25, 0.3) is 10.8 Å². The van der Waals surface area contributed by atoms with Gasteiger partial charge in [-0.15, -0.1) is 0 Å². The summed E-state index contributed by atoms with van der Waals surface area (Å²) in [5, 5.41) is 5.55. The van der Waals surface area contributed by atoms with E-state index in [4.69, 9.17) is 4.74 Å². The Morgan fingerprint density at radius 3 is 2.14 bits per heavy atom. The molecule has 1 saturated carbocycles. The Bertz CT molecular complexity index is 690. The quantitative estimate of drug-likeness (QED) is 0.541. The SMILES string of the molecule is CC.CC.CC(C)C.COC(=O)c1ccc2cc(NC3CCCCC3)ncc2c1. The Morgan fingerprint density at radius 2 is 1.59 bits per heavy atom. The zero-order valence-electron chi connectivity index (χ0n) is 19.8. The second-order valence-electron chi connectivity index (χ2n) is 7.33. The van der Waals surface area contributed by atoms with Crippen LogP contribution in [0.15, 0.2) is 30.5 Å². The summed E-state index contributed by atoms with van der Waals surface area (Å²) >= 11 is 0. The van der Waals surface area contributed by atoms with Crippen LogP contribution < -0.4 is 5.32 Å². The van der Waals surface area contributed by atoms with E-state index in [1.54, 1.807) is 6.07 Å². The number of benzene rings is 1. The van der Waals surface area contributed by atoms with Gasteiger partial charge in [0.1, 0.15) is 5.82 Å². The summed E-state index contributed by atoms with van der Waals surface area (Å²) in [7, 11) is 1.39. The molecule has 1 N–H and O–H groups in total. The molecule has 1 aromatic carbocycles. The van der Waals surface area contributed by atoms with Crippen LogP contribution in [-0.4, -0.2) is 24.1 Å². The Hall–Kier alpha value is -2.10. The minimum atomic E-state index is -0.318. The number of esters is 1. The average Bonchev–Trinajstić information content (AvgIpc) is 2.76. The molecule has 4 nitrogen and oxygen atoms in total. The van der Waals surface area contributed by atoms with Gasteiger partial charge in [-0.2, -0.15) is 0 Å². The van der Waals surface area contributed by atoms with Crippen molar-refractivity contribution in [3.63, 3.8) is 0 Å². The average molecular weight is 403 g/mol. The van der Waals surface area contributed by atoms with Gasteiger partial charge in [0.2, 0.25) is 0 Å². The molecule has 29 heavy (non-hydrogen) atoms. The van der Waals surface area contributed by atoms with Gasteiger partial charge >= 0.3 is 5.97 Å². The van der Waals surface area contributed by atoms with E-state index < -0.39 is 0 Å². The van der Waals surface area contributed by atoms with E-state index in [0.29, 0.717) is 11.6 Å². The van der Waals surface area contributed by atoms with Gasteiger partial charge in [0.25, 0.3) is 0 Å². The first-order chi connectivity index (χ1) is 14.0. The summed E-state index contributed by atoms with van der Waals surface area (Å²) in [5.41, 5.74) is 0.555. The number of carbonyl (C=O) groups is 1. The van der Waals surface area contributed by atoms with Gasteiger partial charge in [-0.1, -0.05) is 73.8 Å². The maximum absolute atomic E-state index is 11.5. The fourth-order valence-corrected chi connectivity index (χ4v) is 2.92. The van der Waals surface area contributed by atoms with Gasteiger partial charge in [0.05, 0.1) is 12.7 Å². The summed E-state index contributed by atoms with van der Waals surface area (Å²) in [5.74, 6) is 1.43. The van der Waals surface area contributed by atoms with Crippen molar-refractivity contribution in [3.8, 4) is 0 Å². The molecule has 0 spiro atoms. The van der Waals surface area contributed by atoms with Crippen LogP contribution in [0.3, 0.4) is 0 Å². The normalized spacial score (nSPS) is 13.1. The molecule has 0 bridgehead atoms. The van der Waals surface area contributed by atoms with E-state index in [2.05, 4.69) is 31.1 Å². The second kappa shape index (κ2) is 15.8. The van der Waals surface area contributed by atoms with Crippen molar-refractivity contribution in [2.75, 3.05) is 12.4 Å². The molecule has 0 atom stereocenters. The van der Waals surface area contributed by atoms with Gasteiger partial charge in [-0.3, -0.25) is 0 Å². The van der Waals surface area contributed by atoms with E-state index in [1.165, 1.54) is 39.2 Å². The first-order valence-electron chi connectivity index (χ1n) is 11.2. The summed E-state index contributed by atoms with van der Waals surface area (Å²) in [4.78, 5) is 16.0. The lowest BCUT2D eigenvalue weighted by Gasteiger charge is -2.23. The number of hydrogen-bond acceptors (Lipinski definition) is 4. The maximum atomic E-state index is 11.5. The van der Waals surface area contributed by atoms with E-state index >= 15 is 0 Å². The molecule has 0 saturated heterocycles. The molecule has 0 unspecified atom stereocenters. The van der Waals surface area contributed by atoms with E-state index in [1.807, 2.05) is 52.1 Å². The first kappa shape index (κ1) is 26.9. The molecule has 2 aromatic rings. The van der Waals surface area contributed by atoms with E-state index in [0.717, 1.165) is 22.5 Å². The third-order valence-corrected chi connectivity index (χ3v) is 4.10. The Balaban J connectivity index is 0.000000859. The summed E-state index contributed by atoms with van der Waals surface area (Å²) in [6, 6.07) is 8.13. The van der Waals surface area contributed by atoms with Gasteiger partial charge in [0.15, 0.2) is 0 Å². The highest BCUT2D eigenvalue weighted by atomic mass is 16.5. The Morgan fingerprint density at radius 1 is 1.00 bits per heavy atom. The third kappa shape index (κ3) is 10.3. The smallest absolute Gasteiger partial charge is 0.337 e. The monoisotopic (exact) mass is 402 g/mol. The molecule has 164 valence electrons. The largest absolute Gasteiger partial charge is 0.465 e. The molecular formula is C25H42N2O2. The van der Waals surface area contributed by atoms with E-state index in [9.17, 15) is 4.79 Å². The molecular weight excluding hydrogens is 360 g/mol. The fourth-order valence-electron chi connectivity index (χ4n) is 2.92. The molecule has 1 aliphatic rings. The van der Waals surface area contributed by atoms with Crippen LogP contribution in [0.2, 0.25) is 0 Å². The summed E-state index contributed by atoms with van der Waals surface area (Å²) < 4.78 is 4.74. The van der Waals surface area contributed by atoms with Gasteiger partial charge in [0, 0.05) is 17.6 Å². The molecule has 3 rings (SSSR count). The molecule has 0 amide bonds. The highest BCUT2D eigenvalue weighted by Crippen LogP contribution is 2.23. The van der Waals surface area contributed by atoms with Gasteiger partial charge < -0.3 is 10.1 Å². The number of fused-ring (bicyclic) bond motifs is 1. The van der Waals surface area contributed by atoms with Crippen LogP contribution in [-0.2, 0) is 4.74 Å². The Labute approximate surface area is 178 Å². The standard InChI is InChI=1S/C17H20N2O2.C4H10.2C2H6/c1-21-17(20)13-8-7-12-10-16(18-11-14(12)9-13)19-15-5-3-2-4-6-15;1-4(2)3;2*1-2/h7-11,15H,2-6H2,1H3,(H,18,19);4H,1-3H3;2*1-2H3. The van der Waals surface area contributed by atoms with Crippen molar-refractivity contribution >= 4 is 22.6 Å². The second-order valence-corrected chi connectivity index (χ2v) is 7.33. The predicted octanol–water partition coefficient (Wildman–Crippen LogP) is 7.48. The van der Waals surface area contributed by atoms with Crippen LogP contribution in [0.4, 0.5) is 5.82 Å². The molecule has 1 aliphatic carbocycles. The topological polar surface area (TPSA) is 51.2 Å². The number of nitrogens with one attached hydrogen (secondary N) is 1. The van der Waals surface area contributed by atoms with Crippen molar-refractivity contribution < 1.29 is 9.53 Å². The van der Waals surface area contributed by atoms with Crippen molar-refractivity contribution in [3.05, 3.63) is 36.0 Å². The number of carbonyl (C=O) groups excluding carboxylic acids is 1. The number of hydrogen-bond donors (Lipinski definition) is 1. The highest BCUT2D eigenvalue weighted by Gasteiger charge is 2.13. The molecule has 1 aromatic heterocycles. The number of pyridine rings is 1. The fraction of sp³-hybridized carbons (Fsp3) is 0.600.